The highest BCUT2D eigenvalue weighted by atomic mass is 32.2. The van der Waals surface area contributed by atoms with Crippen molar-refractivity contribution in [2.45, 2.75) is 24.1 Å². The predicted molar refractivity (Wildman–Crippen MR) is 96.0 cm³/mol. The molecule has 0 unspecified atom stereocenters. The normalized spacial score (nSPS) is 23.5. The maximum atomic E-state index is 12.4. The number of aromatic amines is 1. The number of anilines is 1. The minimum absolute atomic E-state index is 0.0973. The largest absolute Gasteiger partial charge is 0.465 e. The van der Waals surface area contributed by atoms with Gasteiger partial charge in [-0.25, -0.2) is 23.2 Å². The molecule has 0 radical (unpaired) electrons. The molecule has 3 heterocycles. The lowest BCUT2D eigenvalue weighted by atomic mass is 9.81. The minimum atomic E-state index is -3.24. The molecule has 1 amide bonds. The van der Waals surface area contributed by atoms with Crippen molar-refractivity contribution in [2.24, 2.45) is 5.92 Å². The van der Waals surface area contributed by atoms with E-state index in [0.29, 0.717) is 0 Å². The van der Waals surface area contributed by atoms with Gasteiger partial charge in [0.2, 0.25) is 0 Å². The Morgan fingerprint density at radius 3 is 2.81 bits per heavy atom. The Balaban J connectivity index is 1.34. The van der Waals surface area contributed by atoms with E-state index in [1.165, 1.54) is 6.33 Å². The number of carbonyl (C=O) groups is 1. The number of sulfone groups is 1. The highest BCUT2D eigenvalue weighted by Gasteiger charge is 2.43. The van der Waals surface area contributed by atoms with Crippen LogP contribution < -0.4 is 4.90 Å². The molecule has 1 saturated carbocycles. The first kappa shape index (κ1) is 17.1. The second-order valence-electron chi connectivity index (χ2n) is 7.18. The monoisotopic (exact) mass is 379 g/mol. The zero-order valence-electron chi connectivity index (χ0n) is 14.4. The van der Waals surface area contributed by atoms with Gasteiger partial charge in [-0.3, -0.25) is 0 Å². The topological polar surface area (TPSA) is 119 Å². The lowest BCUT2D eigenvalue weighted by molar-refractivity contribution is 0.119. The number of aromatic nitrogens is 3. The van der Waals surface area contributed by atoms with Crippen molar-refractivity contribution in [1.82, 2.24) is 19.9 Å². The van der Waals surface area contributed by atoms with Crippen molar-refractivity contribution in [3.8, 4) is 0 Å². The number of hydrogen-bond acceptors (Lipinski definition) is 6. The first-order valence-electron chi connectivity index (χ1n) is 8.55. The highest BCUT2D eigenvalue weighted by molar-refractivity contribution is 7.92. The summed E-state index contributed by atoms with van der Waals surface area (Å²) < 4.78 is 24.8. The third-order valence-corrected chi connectivity index (χ3v) is 7.77. The van der Waals surface area contributed by atoms with Crippen LogP contribution in [0.1, 0.15) is 12.8 Å². The maximum Gasteiger partial charge on any atom is 0.407 e. The van der Waals surface area contributed by atoms with E-state index in [9.17, 15) is 13.2 Å². The van der Waals surface area contributed by atoms with Gasteiger partial charge in [-0.05, 0) is 24.8 Å². The Morgan fingerprint density at radius 1 is 1.38 bits per heavy atom. The molecule has 0 spiro atoms. The lowest BCUT2D eigenvalue weighted by Crippen LogP contribution is -2.58. The molecule has 2 N–H and O–H groups in total. The predicted octanol–water partition coefficient (Wildman–Crippen LogP) is 0.950. The van der Waals surface area contributed by atoms with E-state index in [4.69, 9.17) is 5.11 Å². The average molecular weight is 379 g/mol. The standard InChI is InChI=1S/C16H21N5O4S/c1-20(15-13-2-3-17-14(13)18-9-19-15)11-4-10(5-11)8-26(24,25)12-6-21(7-12)16(22)23/h2-3,9-12H,4-8H2,1H3,(H,22,23)(H,17,18,19). The molecular weight excluding hydrogens is 358 g/mol. The molecule has 0 atom stereocenters. The Kier molecular flexibility index (Phi) is 4.02. The third-order valence-electron chi connectivity index (χ3n) is 5.52. The van der Waals surface area contributed by atoms with Crippen LogP contribution in [0.4, 0.5) is 10.6 Å². The van der Waals surface area contributed by atoms with Gasteiger partial charge >= 0.3 is 6.09 Å². The fraction of sp³-hybridized carbons (Fsp3) is 0.562. The molecule has 2 aromatic rings. The number of hydrogen-bond donors (Lipinski definition) is 2. The summed E-state index contributed by atoms with van der Waals surface area (Å²) in [5.74, 6) is 1.10. The Morgan fingerprint density at radius 2 is 2.12 bits per heavy atom. The molecule has 2 fully saturated rings. The molecule has 1 saturated heterocycles. The van der Waals surface area contributed by atoms with Gasteiger partial charge in [-0.2, -0.15) is 0 Å². The summed E-state index contributed by atoms with van der Waals surface area (Å²) in [6, 6.07) is 2.19. The van der Waals surface area contributed by atoms with Crippen molar-refractivity contribution in [3.63, 3.8) is 0 Å². The molecule has 26 heavy (non-hydrogen) atoms. The van der Waals surface area contributed by atoms with Crippen LogP contribution in [-0.2, 0) is 9.84 Å². The average Bonchev–Trinajstić information content (AvgIpc) is 2.96. The molecule has 140 valence electrons. The Hall–Kier alpha value is -2.36. The summed E-state index contributed by atoms with van der Waals surface area (Å²) in [4.78, 5) is 25.6. The van der Waals surface area contributed by atoms with E-state index in [2.05, 4.69) is 19.9 Å². The summed E-state index contributed by atoms with van der Waals surface area (Å²) >= 11 is 0. The van der Waals surface area contributed by atoms with Crippen LogP contribution in [0.25, 0.3) is 11.0 Å². The number of H-pyrrole nitrogens is 1. The van der Waals surface area contributed by atoms with Crippen LogP contribution >= 0.6 is 0 Å². The SMILES string of the molecule is CN(c1ncnc2[nH]ccc12)C1CC(CS(=O)(=O)C2CN(C(=O)O)C2)C1. The fourth-order valence-electron chi connectivity index (χ4n) is 3.75. The number of fused-ring (bicyclic) bond motifs is 1. The van der Waals surface area contributed by atoms with Crippen LogP contribution in [0.3, 0.4) is 0 Å². The molecule has 10 heteroatoms. The zero-order valence-corrected chi connectivity index (χ0v) is 15.2. The molecule has 9 nitrogen and oxygen atoms in total. The lowest BCUT2D eigenvalue weighted by Gasteiger charge is -2.43. The molecule has 2 aliphatic rings. The number of rotatable bonds is 5. The molecule has 0 aromatic carbocycles. The van der Waals surface area contributed by atoms with Crippen LogP contribution in [0, 0.1) is 5.92 Å². The van der Waals surface area contributed by atoms with Crippen molar-refractivity contribution in [3.05, 3.63) is 18.6 Å². The Labute approximate surface area is 151 Å². The van der Waals surface area contributed by atoms with E-state index in [0.717, 1.165) is 34.6 Å². The second kappa shape index (κ2) is 6.11. The summed E-state index contributed by atoms with van der Waals surface area (Å²) in [5, 5.41) is 9.24. The van der Waals surface area contributed by atoms with Crippen molar-refractivity contribution >= 4 is 32.8 Å². The minimum Gasteiger partial charge on any atom is -0.465 e. The summed E-state index contributed by atoms with van der Waals surface area (Å²) in [6.07, 6.45) is 3.88. The number of nitrogens with one attached hydrogen (secondary N) is 1. The zero-order chi connectivity index (χ0) is 18.5. The fourth-order valence-corrected chi connectivity index (χ4v) is 5.77. The highest BCUT2D eigenvalue weighted by Crippen LogP contribution is 2.36. The maximum absolute atomic E-state index is 12.4. The second-order valence-corrected chi connectivity index (χ2v) is 9.50. The molecule has 0 bridgehead atoms. The Bertz CT molecular complexity index is 931. The van der Waals surface area contributed by atoms with Crippen molar-refractivity contribution in [2.75, 3.05) is 30.8 Å². The van der Waals surface area contributed by atoms with E-state index in [1.54, 1.807) is 0 Å². The van der Waals surface area contributed by atoms with Crippen LogP contribution in [-0.4, -0.2) is 76.7 Å². The molecular formula is C16H21N5O4S. The molecule has 4 rings (SSSR count). The third kappa shape index (κ3) is 2.87. The summed E-state index contributed by atoms with van der Waals surface area (Å²) in [5.41, 5.74) is 0.785. The molecule has 1 aliphatic heterocycles. The van der Waals surface area contributed by atoms with Crippen molar-refractivity contribution < 1.29 is 18.3 Å². The quantitative estimate of drug-likeness (QED) is 0.793. The summed E-state index contributed by atoms with van der Waals surface area (Å²) in [6.45, 7) is 0.195. The van der Waals surface area contributed by atoms with E-state index >= 15 is 0 Å². The van der Waals surface area contributed by atoms with Gasteiger partial charge in [-0.15, -0.1) is 0 Å². The van der Waals surface area contributed by atoms with Crippen LogP contribution in [0.15, 0.2) is 18.6 Å². The van der Waals surface area contributed by atoms with Crippen LogP contribution in [0.5, 0.6) is 0 Å². The van der Waals surface area contributed by atoms with Crippen LogP contribution in [0.2, 0.25) is 0 Å². The van der Waals surface area contributed by atoms with Gasteiger partial charge < -0.3 is 19.9 Å². The van der Waals surface area contributed by atoms with Gasteiger partial charge in [0.05, 0.1) is 16.4 Å². The van der Waals surface area contributed by atoms with Gasteiger partial charge in [-0.1, -0.05) is 0 Å². The van der Waals surface area contributed by atoms with E-state index in [-0.39, 0.29) is 30.8 Å². The first-order valence-corrected chi connectivity index (χ1v) is 10.3. The van der Waals surface area contributed by atoms with Gasteiger partial charge in [0.15, 0.2) is 9.84 Å². The van der Waals surface area contributed by atoms with Gasteiger partial charge in [0.25, 0.3) is 0 Å². The van der Waals surface area contributed by atoms with Crippen molar-refractivity contribution in [1.29, 1.82) is 0 Å². The van der Waals surface area contributed by atoms with Gasteiger partial charge in [0.1, 0.15) is 17.8 Å². The first-order chi connectivity index (χ1) is 12.3. The van der Waals surface area contributed by atoms with Gasteiger partial charge in [0, 0.05) is 32.4 Å². The number of nitrogens with zero attached hydrogens (tertiary/aromatic N) is 4. The number of likely N-dealkylation sites (tertiary alicyclic amines) is 1. The molecule has 1 aliphatic carbocycles. The molecule has 2 aromatic heterocycles. The number of amides is 1. The summed E-state index contributed by atoms with van der Waals surface area (Å²) in [7, 11) is -1.27. The van der Waals surface area contributed by atoms with E-state index in [1.807, 2.05) is 19.3 Å². The smallest absolute Gasteiger partial charge is 0.407 e. The number of carboxylic acid groups (broad SMARTS) is 1. The van der Waals surface area contributed by atoms with E-state index < -0.39 is 21.2 Å².